The normalized spacial score (nSPS) is 36.5. The molecule has 2 saturated heterocycles. The van der Waals surface area contributed by atoms with Crippen molar-refractivity contribution in [2.45, 2.75) is 134 Å². The molecule has 8 nitrogen and oxygen atoms in total. The lowest BCUT2D eigenvalue weighted by Crippen LogP contribution is -2.21. The van der Waals surface area contributed by atoms with E-state index < -0.39 is 18.5 Å². The topological polar surface area (TPSA) is 115 Å². The molecule has 0 aromatic heterocycles. The Labute approximate surface area is 241 Å². The molecule has 2 aliphatic heterocycles. The molecule has 230 valence electrons. The summed E-state index contributed by atoms with van der Waals surface area (Å²) in [5, 5.41) is 29.5. The van der Waals surface area contributed by atoms with Gasteiger partial charge in [-0.3, -0.25) is 4.79 Å². The second-order valence-electron chi connectivity index (χ2n) is 12.0. The fourth-order valence-corrected chi connectivity index (χ4v) is 6.84. The number of rotatable bonds is 14. The van der Waals surface area contributed by atoms with Crippen molar-refractivity contribution in [3.63, 3.8) is 0 Å². The summed E-state index contributed by atoms with van der Waals surface area (Å²) in [4.78, 5) is 11.2. The fourth-order valence-electron chi connectivity index (χ4n) is 6.84. The molecule has 0 aromatic rings. The molecule has 4 aliphatic rings. The number of ether oxygens (including phenoxy) is 4. The molecule has 4 fully saturated rings. The zero-order chi connectivity index (χ0) is 29.1. The SMILES string of the molecule is CCCCCC(/C=C/[C@@H]1C2CC(O)OC2C[C@H]1OC)OC.CCCCCC(O)/C=C/[C@@H]1C2CC(=O)OC2C[C@H]1O. The number of unbranched alkanes of at least 4 members (excludes halogenated alkanes) is 4. The highest BCUT2D eigenvalue weighted by atomic mass is 16.6. The van der Waals surface area contributed by atoms with E-state index in [2.05, 4.69) is 26.0 Å². The number of esters is 1. The molecule has 0 amide bonds. The molecule has 40 heavy (non-hydrogen) atoms. The van der Waals surface area contributed by atoms with Gasteiger partial charge in [0.05, 0.1) is 36.9 Å². The van der Waals surface area contributed by atoms with Crippen LogP contribution in [0.5, 0.6) is 0 Å². The predicted octanol–water partition coefficient (Wildman–Crippen LogP) is 4.69. The van der Waals surface area contributed by atoms with Gasteiger partial charge in [0.25, 0.3) is 0 Å². The Balaban J connectivity index is 0.000000222. The summed E-state index contributed by atoms with van der Waals surface area (Å²) in [6.07, 6.45) is 18.3. The second kappa shape index (κ2) is 17.0. The molecule has 11 atom stereocenters. The van der Waals surface area contributed by atoms with Gasteiger partial charge in [-0.25, -0.2) is 0 Å². The van der Waals surface area contributed by atoms with Crippen molar-refractivity contribution in [1.82, 2.24) is 0 Å². The third-order valence-electron chi connectivity index (χ3n) is 9.15. The average Bonchev–Trinajstić information content (AvgIpc) is 3.64. The fraction of sp³-hybridized carbons (Fsp3) is 0.844. The Bertz CT molecular complexity index is 800. The van der Waals surface area contributed by atoms with Gasteiger partial charge < -0.3 is 34.3 Å². The summed E-state index contributed by atoms with van der Waals surface area (Å²) in [5.74, 6) is 0.554. The summed E-state index contributed by atoms with van der Waals surface area (Å²) in [6.45, 7) is 4.35. The summed E-state index contributed by atoms with van der Waals surface area (Å²) in [5.41, 5.74) is 0. The molecule has 0 bridgehead atoms. The van der Waals surface area contributed by atoms with Gasteiger partial charge >= 0.3 is 5.97 Å². The van der Waals surface area contributed by atoms with E-state index in [1.54, 1.807) is 20.3 Å². The quantitative estimate of drug-likeness (QED) is 0.158. The zero-order valence-corrected chi connectivity index (χ0v) is 25.0. The molecular weight excluding hydrogens is 512 g/mol. The number of fused-ring (bicyclic) bond motifs is 2. The number of aliphatic hydroxyl groups is 3. The molecule has 2 heterocycles. The van der Waals surface area contributed by atoms with E-state index in [4.69, 9.17) is 18.9 Å². The van der Waals surface area contributed by atoms with Gasteiger partial charge in [0.2, 0.25) is 0 Å². The van der Waals surface area contributed by atoms with Gasteiger partial charge in [-0.2, -0.15) is 0 Å². The smallest absolute Gasteiger partial charge is 0.306 e. The first kappa shape index (κ1) is 33.2. The number of hydrogen-bond acceptors (Lipinski definition) is 8. The summed E-state index contributed by atoms with van der Waals surface area (Å²) in [7, 11) is 3.53. The Hall–Kier alpha value is -1.29. The van der Waals surface area contributed by atoms with Gasteiger partial charge in [-0.05, 0) is 18.8 Å². The number of hydrogen-bond donors (Lipinski definition) is 3. The van der Waals surface area contributed by atoms with Crippen LogP contribution in [0.25, 0.3) is 0 Å². The summed E-state index contributed by atoms with van der Waals surface area (Å²) in [6, 6.07) is 0. The van der Waals surface area contributed by atoms with E-state index in [1.165, 1.54) is 19.3 Å². The van der Waals surface area contributed by atoms with Crippen molar-refractivity contribution in [2.75, 3.05) is 14.2 Å². The Morgan fingerprint density at radius 2 is 1.60 bits per heavy atom. The number of methoxy groups -OCH3 is 2. The van der Waals surface area contributed by atoms with Crippen molar-refractivity contribution in [3.8, 4) is 0 Å². The lowest BCUT2D eigenvalue weighted by atomic mass is 9.91. The van der Waals surface area contributed by atoms with Crippen LogP contribution in [0.2, 0.25) is 0 Å². The van der Waals surface area contributed by atoms with Gasteiger partial charge in [-0.1, -0.05) is 76.7 Å². The van der Waals surface area contributed by atoms with Crippen LogP contribution in [0.3, 0.4) is 0 Å². The highest BCUT2D eigenvalue weighted by molar-refractivity contribution is 5.72. The van der Waals surface area contributed by atoms with Crippen molar-refractivity contribution in [2.24, 2.45) is 23.7 Å². The summed E-state index contributed by atoms with van der Waals surface area (Å²) < 4.78 is 21.9. The van der Waals surface area contributed by atoms with E-state index in [0.717, 1.165) is 38.5 Å². The molecule has 4 rings (SSSR count). The Kier molecular flexibility index (Phi) is 14.1. The van der Waals surface area contributed by atoms with Crippen LogP contribution in [-0.4, -0.2) is 78.4 Å². The van der Waals surface area contributed by atoms with Gasteiger partial charge in [0.15, 0.2) is 6.29 Å². The van der Waals surface area contributed by atoms with E-state index in [0.29, 0.717) is 31.1 Å². The molecule has 7 unspecified atom stereocenters. The van der Waals surface area contributed by atoms with Crippen LogP contribution in [0.1, 0.15) is 90.9 Å². The van der Waals surface area contributed by atoms with E-state index in [9.17, 15) is 20.1 Å². The first-order chi connectivity index (χ1) is 19.3. The van der Waals surface area contributed by atoms with Crippen molar-refractivity contribution in [1.29, 1.82) is 0 Å². The average molecular weight is 567 g/mol. The Morgan fingerprint density at radius 1 is 0.900 bits per heavy atom. The predicted molar refractivity (Wildman–Crippen MR) is 153 cm³/mol. The van der Waals surface area contributed by atoms with Gasteiger partial charge in [0.1, 0.15) is 6.10 Å². The minimum absolute atomic E-state index is 0.0581. The lowest BCUT2D eigenvalue weighted by molar-refractivity contribution is -0.141. The molecule has 8 heteroatoms. The van der Waals surface area contributed by atoms with Crippen LogP contribution in [0.15, 0.2) is 24.3 Å². The molecule has 2 aliphatic carbocycles. The molecule has 0 radical (unpaired) electrons. The molecule has 0 spiro atoms. The van der Waals surface area contributed by atoms with Crippen molar-refractivity contribution < 1.29 is 39.1 Å². The largest absolute Gasteiger partial charge is 0.462 e. The van der Waals surface area contributed by atoms with Crippen LogP contribution in [-0.2, 0) is 23.7 Å². The van der Waals surface area contributed by atoms with E-state index in [-0.39, 0.29) is 42.2 Å². The number of aliphatic hydroxyl groups excluding tert-OH is 3. The molecule has 0 aromatic carbocycles. The highest BCUT2D eigenvalue weighted by Gasteiger charge is 2.49. The van der Waals surface area contributed by atoms with Crippen LogP contribution in [0.4, 0.5) is 0 Å². The number of carbonyl (C=O) groups is 1. The lowest BCUT2D eigenvalue weighted by Gasteiger charge is -2.20. The van der Waals surface area contributed by atoms with Crippen LogP contribution in [0, 0.1) is 23.7 Å². The van der Waals surface area contributed by atoms with Crippen LogP contribution < -0.4 is 0 Å². The second-order valence-corrected chi connectivity index (χ2v) is 12.0. The van der Waals surface area contributed by atoms with Gasteiger partial charge in [0, 0.05) is 51.2 Å². The first-order valence-electron chi connectivity index (χ1n) is 15.6. The van der Waals surface area contributed by atoms with Gasteiger partial charge in [-0.15, -0.1) is 0 Å². The maximum atomic E-state index is 11.2. The minimum atomic E-state index is -0.600. The zero-order valence-electron chi connectivity index (χ0n) is 25.0. The maximum Gasteiger partial charge on any atom is 0.306 e. The number of carbonyl (C=O) groups excluding carboxylic acids is 1. The first-order valence-corrected chi connectivity index (χ1v) is 15.6. The highest BCUT2D eigenvalue weighted by Crippen LogP contribution is 2.45. The standard InChI is InChI=1S/C17H30O4.C15H24O4/c1-4-5-6-7-12(19-2)8-9-13-14-10-17(18)21-16(14)11-15(13)20-3;1-2-3-4-5-10(16)6-7-11-12-8-15(18)19-14(12)9-13(11)17/h8-9,12-18H,4-7,10-11H2,1-3H3;6-7,10-14,16-17H,2-5,8-9H2,1H3/b9-8+;7-6+/t12?,13-,14?,15-,16?,17?;10?,11-,12?,13-,14?/m11/s1. The molecule has 3 N–H and O–H groups in total. The van der Waals surface area contributed by atoms with E-state index in [1.807, 2.05) is 6.08 Å². The molecular formula is C32H54O8. The van der Waals surface area contributed by atoms with Crippen LogP contribution >= 0.6 is 0 Å². The third kappa shape index (κ3) is 9.36. The Morgan fingerprint density at radius 3 is 2.27 bits per heavy atom. The minimum Gasteiger partial charge on any atom is -0.462 e. The molecule has 2 saturated carbocycles. The maximum absolute atomic E-state index is 11.2. The summed E-state index contributed by atoms with van der Waals surface area (Å²) >= 11 is 0. The van der Waals surface area contributed by atoms with E-state index >= 15 is 0 Å². The third-order valence-corrected chi connectivity index (χ3v) is 9.15. The van der Waals surface area contributed by atoms with Crippen molar-refractivity contribution >= 4 is 5.97 Å². The monoisotopic (exact) mass is 566 g/mol. The van der Waals surface area contributed by atoms with Crippen molar-refractivity contribution in [3.05, 3.63) is 24.3 Å².